The van der Waals surface area contributed by atoms with E-state index in [1.165, 1.54) is 7.05 Å². The first-order chi connectivity index (χ1) is 10.9. The van der Waals surface area contributed by atoms with Crippen LogP contribution in [0.4, 0.5) is 0 Å². The van der Waals surface area contributed by atoms with Gasteiger partial charge in [0.25, 0.3) is 5.89 Å². The van der Waals surface area contributed by atoms with Crippen molar-refractivity contribution in [2.75, 3.05) is 14.1 Å². The van der Waals surface area contributed by atoms with Crippen LogP contribution in [0, 0.1) is 0 Å². The van der Waals surface area contributed by atoms with Crippen LogP contribution in [0.25, 0.3) is 12.2 Å². The molecular weight excluding hydrogens is 316 g/mol. The summed E-state index contributed by atoms with van der Waals surface area (Å²) in [6.07, 6.45) is 4.17. The molecule has 0 spiro atoms. The van der Waals surface area contributed by atoms with E-state index in [1.807, 2.05) is 14.0 Å². The van der Waals surface area contributed by atoms with E-state index in [2.05, 4.69) is 20.2 Å². The van der Waals surface area contributed by atoms with Gasteiger partial charge in [-0.3, -0.25) is 0 Å². The summed E-state index contributed by atoms with van der Waals surface area (Å²) in [5.41, 5.74) is 0.836. The van der Waals surface area contributed by atoms with Crippen LogP contribution in [-0.2, 0) is 16.4 Å². The minimum absolute atomic E-state index is 0.221. The molecule has 0 bridgehead atoms. The third-order valence-electron chi connectivity index (χ3n) is 3.34. The standard InChI is InChI=1S/C15H20N4O3S/c1-11(16-2)10-14-18-15(22-19-14)9-6-12-4-7-13(8-5-12)23(20,21)17-3/h4-9,11,16-17H,10H2,1-3H3/b9-6+. The molecule has 2 aromatic rings. The van der Waals surface area contributed by atoms with Crippen molar-refractivity contribution < 1.29 is 12.9 Å². The van der Waals surface area contributed by atoms with Gasteiger partial charge < -0.3 is 9.84 Å². The molecule has 8 heteroatoms. The molecule has 23 heavy (non-hydrogen) atoms. The maximum atomic E-state index is 11.6. The number of likely N-dealkylation sites (N-methyl/N-ethyl adjacent to an activating group) is 1. The molecule has 2 rings (SSSR count). The molecule has 1 heterocycles. The zero-order valence-corrected chi connectivity index (χ0v) is 14.1. The lowest BCUT2D eigenvalue weighted by Gasteiger charge is -2.04. The molecule has 124 valence electrons. The van der Waals surface area contributed by atoms with Crippen LogP contribution in [0.5, 0.6) is 0 Å². The van der Waals surface area contributed by atoms with Gasteiger partial charge in [0.05, 0.1) is 4.90 Å². The monoisotopic (exact) mass is 336 g/mol. The molecule has 0 radical (unpaired) electrons. The molecule has 0 aliphatic carbocycles. The third kappa shape index (κ3) is 4.72. The minimum Gasteiger partial charge on any atom is -0.335 e. The van der Waals surface area contributed by atoms with E-state index < -0.39 is 10.0 Å². The number of nitrogens with zero attached hydrogens (tertiary/aromatic N) is 2. The molecule has 0 aliphatic heterocycles. The summed E-state index contributed by atoms with van der Waals surface area (Å²) < 4.78 is 30.7. The van der Waals surface area contributed by atoms with Crippen LogP contribution in [0.15, 0.2) is 33.7 Å². The number of hydrogen-bond acceptors (Lipinski definition) is 6. The Labute approximate surface area is 135 Å². The fraction of sp³-hybridized carbons (Fsp3) is 0.333. The third-order valence-corrected chi connectivity index (χ3v) is 4.77. The Morgan fingerprint density at radius 2 is 1.91 bits per heavy atom. The first kappa shape index (κ1) is 17.3. The number of rotatable bonds is 7. The fourth-order valence-electron chi connectivity index (χ4n) is 1.84. The first-order valence-corrected chi connectivity index (χ1v) is 8.64. The quantitative estimate of drug-likeness (QED) is 0.791. The molecular formula is C15H20N4O3S. The Morgan fingerprint density at radius 1 is 1.22 bits per heavy atom. The lowest BCUT2D eigenvalue weighted by atomic mass is 10.2. The van der Waals surface area contributed by atoms with Gasteiger partial charge in [-0.1, -0.05) is 17.3 Å². The van der Waals surface area contributed by atoms with Crippen LogP contribution < -0.4 is 10.0 Å². The average Bonchev–Trinajstić information content (AvgIpc) is 3.00. The van der Waals surface area contributed by atoms with Crippen molar-refractivity contribution in [3.63, 3.8) is 0 Å². The Morgan fingerprint density at radius 3 is 2.52 bits per heavy atom. The number of nitrogens with one attached hydrogen (secondary N) is 2. The molecule has 0 saturated heterocycles. The Bertz CT molecular complexity index is 766. The SMILES string of the molecule is CNC(C)Cc1noc(/C=C/c2ccc(S(=O)(=O)NC)cc2)n1. The van der Waals surface area contributed by atoms with E-state index in [9.17, 15) is 8.42 Å². The molecule has 7 nitrogen and oxygen atoms in total. The van der Waals surface area contributed by atoms with Gasteiger partial charge in [-0.05, 0) is 44.8 Å². The van der Waals surface area contributed by atoms with Gasteiger partial charge in [0, 0.05) is 18.5 Å². The van der Waals surface area contributed by atoms with E-state index in [0.717, 1.165) is 5.56 Å². The summed E-state index contributed by atoms with van der Waals surface area (Å²) >= 11 is 0. The zero-order valence-electron chi connectivity index (χ0n) is 13.3. The van der Waals surface area contributed by atoms with Crippen molar-refractivity contribution in [2.45, 2.75) is 24.3 Å². The fourth-order valence-corrected chi connectivity index (χ4v) is 2.57. The van der Waals surface area contributed by atoms with Crippen LogP contribution in [0.3, 0.4) is 0 Å². The second-order valence-electron chi connectivity index (χ2n) is 5.05. The van der Waals surface area contributed by atoms with Crippen molar-refractivity contribution in [3.05, 3.63) is 41.5 Å². The molecule has 1 aromatic heterocycles. The molecule has 0 fully saturated rings. The van der Waals surface area contributed by atoms with Crippen LogP contribution >= 0.6 is 0 Å². The Hall–Kier alpha value is -2.03. The number of aromatic nitrogens is 2. The molecule has 1 aromatic carbocycles. The van der Waals surface area contributed by atoms with Crippen LogP contribution in [-0.4, -0.2) is 38.7 Å². The summed E-state index contributed by atoms with van der Waals surface area (Å²) in [5.74, 6) is 1.05. The minimum atomic E-state index is -3.41. The highest BCUT2D eigenvalue weighted by molar-refractivity contribution is 7.89. The molecule has 0 aliphatic rings. The molecule has 1 atom stereocenters. The molecule has 0 saturated carbocycles. The number of hydrogen-bond donors (Lipinski definition) is 2. The summed E-state index contributed by atoms with van der Waals surface area (Å²) in [5, 5.41) is 7.02. The maximum Gasteiger partial charge on any atom is 0.250 e. The van der Waals surface area contributed by atoms with Crippen LogP contribution in [0.1, 0.15) is 24.2 Å². The summed E-state index contributed by atoms with van der Waals surface area (Å²) in [6, 6.07) is 6.77. The number of sulfonamides is 1. The average molecular weight is 336 g/mol. The van der Waals surface area contributed by atoms with E-state index in [1.54, 1.807) is 36.4 Å². The van der Waals surface area contributed by atoms with Gasteiger partial charge in [-0.15, -0.1) is 0 Å². The summed E-state index contributed by atoms with van der Waals surface area (Å²) in [6.45, 7) is 2.03. The second-order valence-corrected chi connectivity index (χ2v) is 6.94. The van der Waals surface area contributed by atoms with E-state index >= 15 is 0 Å². The summed E-state index contributed by atoms with van der Waals surface area (Å²) in [7, 11) is -0.155. The predicted octanol–water partition coefficient (Wildman–Crippen LogP) is 1.30. The second kappa shape index (κ2) is 7.49. The first-order valence-electron chi connectivity index (χ1n) is 7.16. The van der Waals surface area contributed by atoms with Crippen molar-refractivity contribution in [1.82, 2.24) is 20.2 Å². The van der Waals surface area contributed by atoms with Gasteiger partial charge in [-0.2, -0.15) is 4.98 Å². The van der Waals surface area contributed by atoms with Gasteiger partial charge in [0.1, 0.15) is 0 Å². The molecule has 2 N–H and O–H groups in total. The van der Waals surface area contributed by atoms with Gasteiger partial charge in [-0.25, -0.2) is 13.1 Å². The lowest BCUT2D eigenvalue weighted by molar-refractivity contribution is 0.400. The van der Waals surface area contributed by atoms with Crippen molar-refractivity contribution in [1.29, 1.82) is 0 Å². The van der Waals surface area contributed by atoms with Crippen molar-refractivity contribution in [3.8, 4) is 0 Å². The topological polar surface area (TPSA) is 97.1 Å². The Balaban J connectivity index is 2.06. The van der Waals surface area contributed by atoms with E-state index in [0.29, 0.717) is 18.1 Å². The highest BCUT2D eigenvalue weighted by Crippen LogP contribution is 2.12. The normalized spacial score (nSPS) is 13.5. The highest BCUT2D eigenvalue weighted by atomic mass is 32.2. The predicted molar refractivity (Wildman–Crippen MR) is 88.1 cm³/mol. The van der Waals surface area contributed by atoms with Crippen LogP contribution in [0.2, 0.25) is 0 Å². The molecule has 0 amide bonds. The smallest absolute Gasteiger partial charge is 0.250 e. The Kier molecular flexibility index (Phi) is 5.64. The lowest BCUT2D eigenvalue weighted by Crippen LogP contribution is -2.24. The van der Waals surface area contributed by atoms with Crippen molar-refractivity contribution >= 4 is 22.2 Å². The molecule has 1 unspecified atom stereocenters. The summed E-state index contributed by atoms with van der Waals surface area (Å²) in [4.78, 5) is 4.49. The van der Waals surface area contributed by atoms with Crippen molar-refractivity contribution in [2.24, 2.45) is 0 Å². The van der Waals surface area contributed by atoms with Gasteiger partial charge >= 0.3 is 0 Å². The van der Waals surface area contributed by atoms with Gasteiger partial charge in [0.15, 0.2) is 5.82 Å². The largest absolute Gasteiger partial charge is 0.335 e. The number of benzene rings is 1. The maximum absolute atomic E-state index is 11.6. The van der Waals surface area contributed by atoms with E-state index in [-0.39, 0.29) is 10.9 Å². The zero-order chi connectivity index (χ0) is 16.9. The van der Waals surface area contributed by atoms with E-state index in [4.69, 9.17) is 4.52 Å². The highest BCUT2D eigenvalue weighted by Gasteiger charge is 2.10. The van der Waals surface area contributed by atoms with Gasteiger partial charge in [0.2, 0.25) is 10.0 Å².